The molecular formula is C17H11NO3S. The Labute approximate surface area is 129 Å². The first kappa shape index (κ1) is 13.0. The van der Waals surface area contributed by atoms with Crippen molar-refractivity contribution >= 4 is 32.5 Å². The molecule has 0 N–H and O–H groups in total. The van der Waals surface area contributed by atoms with Gasteiger partial charge >= 0.3 is 5.63 Å². The molecule has 2 heterocycles. The zero-order valence-corrected chi connectivity index (χ0v) is 12.5. The fraction of sp³-hybridized carbons (Fsp3) is 0.0588. The van der Waals surface area contributed by atoms with E-state index in [1.807, 2.05) is 42.5 Å². The van der Waals surface area contributed by atoms with Gasteiger partial charge in [-0.2, -0.15) is 0 Å². The minimum absolute atomic E-state index is 0.389. The van der Waals surface area contributed by atoms with Gasteiger partial charge in [-0.15, -0.1) is 11.3 Å². The van der Waals surface area contributed by atoms with Crippen molar-refractivity contribution in [1.82, 2.24) is 4.98 Å². The van der Waals surface area contributed by atoms with Gasteiger partial charge in [-0.1, -0.05) is 12.1 Å². The van der Waals surface area contributed by atoms with Crippen LogP contribution >= 0.6 is 11.3 Å². The molecule has 0 aliphatic rings. The quantitative estimate of drug-likeness (QED) is 0.524. The Morgan fingerprint density at radius 2 is 2.00 bits per heavy atom. The lowest BCUT2D eigenvalue weighted by Crippen LogP contribution is -2.02. The van der Waals surface area contributed by atoms with Crippen molar-refractivity contribution in [3.63, 3.8) is 0 Å². The number of methoxy groups -OCH3 is 1. The van der Waals surface area contributed by atoms with E-state index in [1.165, 1.54) is 11.3 Å². The van der Waals surface area contributed by atoms with Gasteiger partial charge < -0.3 is 9.15 Å². The highest BCUT2D eigenvalue weighted by Crippen LogP contribution is 2.30. The van der Waals surface area contributed by atoms with Crippen LogP contribution in [0.2, 0.25) is 0 Å². The average molecular weight is 309 g/mol. The van der Waals surface area contributed by atoms with Crippen LogP contribution in [0.4, 0.5) is 0 Å². The molecule has 4 rings (SSSR count). The number of hydrogen-bond acceptors (Lipinski definition) is 5. The normalized spacial score (nSPS) is 11.1. The van der Waals surface area contributed by atoms with Gasteiger partial charge in [-0.25, -0.2) is 9.78 Å². The molecule has 0 bridgehead atoms. The topological polar surface area (TPSA) is 52.3 Å². The number of benzene rings is 2. The van der Waals surface area contributed by atoms with E-state index in [0.29, 0.717) is 21.9 Å². The van der Waals surface area contributed by atoms with Gasteiger partial charge in [0.25, 0.3) is 0 Å². The number of ether oxygens (including phenoxy) is 1. The second kappa shape index (κ2) is 4.96. The molecule has 0 fully saturated rings. The Balaban J connectivity index is 1.94. The summed E-state index contributed by atoms with van der Waals surface area (Å²) >= 11 is 1.48. The summed E-state index contributed by atoms with van der Waals surface area (Å²) < 4.78 is 11.6. The van der Waals surface area contributed by atoms with Crippen LogP contribution < -0.4 is 10.4 Å². The summed E-state index contributed by atoms with van der Waals surface area (Å²) in [5.41, 5.74) is 1.49. The van der Waals surface area contributed by atoms with Crippen LogP contribution in [0.3, 0.4) is 0 Å². The molecule has 0 saturated heterocycles. The molecule has 4 nitrogen and oxygen atoms in total. The lowest BCUT2D eigenvalue weighted by Gasteiger charge is -2.02. The SMILES string of the molecule is COc1ccc2cc(-c3nc4ccccc4s3)c(=O)oc2c1. The summed E-state index contributed by atoms with van der Waals surface area (Å²) in [6, 6.07) is 15.0. The Bertz CT molecular complexity index is 1020. The number of rotatable bonds is 2. The lowest BCUT2D eigenvalue weighted by molar-refractivity contribution is 0.414. The van der Waals surface area contributed by atoms with Crippen molar-refractivity contribution in [3.8, 4) is 16.3 Å². The molecule has 2 aromatic carbocycles. The Morgan fingerprint density at radius 3 is 2.82 bits per heavy atom. The largest absolute Gasteiger partial charge is 0.497 e. The van der Waals surface area contributed by atoms with Gasteiger partial charge in [0.2, 0.25) is 0 Å². The molecule has 108 valence electrons. The summed E-state index contributed by atoms with van der Waals surface area (Å²) in [7, 11) is 1.58. The van der Waals surface area contributed by atoms with Crippen LogP contribution in [-0.2, 0) is 0 Å². The molecular weight excluding hydrogens is 298 g/mol. The van der Waals surface area contributed by atoms with Crippen molar-refractivity contribution in [2.24, 2.45) is 0 Å². The fourth-order valence-corrected chi connectivity index (χ4v) is 3.32. The Morgan fingerprint density at radius 1 is 1.14 bits per heavy atom. The highest BCUT2D eigenvalue weighted by molar-refractivity contribution is 7.21. The van der Waals surface area contributed by atoms with E-state index < -0.39 is 0 Å². The Kier molecular flexibility index (Phi) is 2.94. The molecule has 0 spiro atoms. The minimum atomic E-state index is -0.389. The molecule has 0 amide bonds. The van der Waals surface area contributed by atoms with E-state index in [4.69, 9.17) is 9.15 Å². The number of aromatic nitrogens is 1. The summed E-state index contributed by atoms with van der Waals surface area (Å²) in [4.78, 5) is 16.8. The number of fused-ring (bicyclic) bond motifs is 2. The lowest BCUT2D eigenvalue weighted by atomic mass is 10.2. The highest BCUT2D eigenvalue weighted by atomic mass is 32.1. The first-order chi connectivity index (χ1) is 10.7. The van der Waals surface area contributed by atoms with Gasteiger partial charge in [0.05, 0.1) is 22.9 Å². The number of hydrogen-bond donors (Lipinski definition) is 0. The zero-order valence-electron chi connectivity index (χ0n) is 11.7. The maximum atomic E-state index is 12.3. The summed E-state index contributed by atoms with van der Waals surface area (Å²) in [5, 5.41) is 1.52. The van der Waals surface area contributed by atoms with E-state index in [2.05, 4.69) is 4.98 Å². The maximum absolute atomic E-state index is 12.3. The van der Waals surface area contributed by atoms with Crippen molar-refractivity contribution in [2.45, 2.75) is 0 Å². The van der Waals surface area contributed by atoms with Crippen LogP contribution in [-0.4, -0.2) is 12.1 Å². The van der Waals surface area contributed by atoms with Crippen molar-refractivity contribution in [1.29, 1.82) is 0 Å². The van der Waals surface area contributed by atoms with Crippen LogP contribution in [0.15, 0.2) is 57.7 Å². The molecule has 0 atom stereocenters. The average Bonchev–Trinajstić information content (AvgIpc) is 2.97. The molecule has 0 saturated carbocycles. The predicted molar refractivity (Wildman–Crippen MR) is 87.7 cm³/mol. The first-order valence-electron chi connectivity index (χ1n) is 6.72. The van der Waals surface area contributed by atoms with E-state index >= 15 is 0 Å². The van der Waals surface area contributed by atoms with Crippen LogP contribution in [0.5, 0.6) is 5.75 Å². The van der Waals surface area contributed by atoms with Crippen molar-refractivity contribution < 1.29 is 9.15 Å². The summed E-state index contributed by atoms with van der Waals surface area (Å²) in [6.07, 6.45) is 0. The molecule has 0 radical (unpaired) electrons. The van der Waals surface area contributed by atoms with E-state index in [9.17, 15) is 4.79 Å². The predicted octanol–water partition coefficient (Wildman–Crippen LogP) is 4.08. The highest BCUT2D eigenvalue weighted by Gasteiger charge is 2.13. The van der Waals surface area contributed by atoms with Crippen LogP contribution in [0, 0.1) is 0 Å². The van der Waals surface area contributed by atoms with Crippen LogP contribution in [0.25, 0.3) is 31.8 Å². The first-order valence-corrected chi connectivity index (χ1v) is 7.54. The molecule has 0 aliphatic heterocycles. The second-order valence-electron chi connectivity index (χ2n) is 4.84. The van der Waals surface area contributed by atoms with Gasteiger partial charge in [-0.05, 0) is 30.3 Å². The molecule has 5 heteroatoms. The maximum Gasteiger partial charge on any atom is 0.346 e. The Hall–Kier alpha value is -2.66. The van der Waals surface area contributed by atoms with E-state index in [1.54, 1.807) is 13.2 Å². The standard InChI is InChI=1S/C17H11NO3S/c1-20-11-7-6-10-8-12(17(19)21-14(10)9-11)16-18-13-4-2-3-5-15(13)22-16/h2-9H,1H3. The van der Waals surface area contributed by atoms with E-state index in [0.717, 1.165) is 15.6 Å². The number of thiazole rings is 1. The minimum Gasteiger partial charge on any atom is -0.497 e. The smallest absolute Gasteiger partial charge is 0.346 e. The van der Waals surface area contributed by atoms with Crippen molar-refractivity contribution in [3.05, 3.63) is 59.0 Å². The third kappa shape index (κ3) is 2.07. The number of para-hydroxylation sites is 1. The van der Waals surface area contributed by atoms with Gasteiger partial charge in [0.1, 0.15) is 16.3 Å². The summed E-state index contributed by atoms with van der Waals surface area (Å²) in [5.74, 6) is 0.656. The van der Waals surface area contributed by atoms with Gasteiger partial charge in [-0.3, -0.25) is 0 Å². The van der Waals surface area contributed by atoms with Gasteiger partial charge in [0.15, 0.2) is 0 Å². The molecule has 2 aromatic heterocycles. The second-order valence-corrected chi connectivity index (χ2v) is 5.87. The van der Waals surface area contributed by atoms with E-state index in [-0.39, 0.29) is 5.63 Å². The van der Waals surface area contributed by atoms with Crippen LogP contribution in [0.1, 0.15) is 0 Å². The monoisotopic (exact) mass is 309 g/mol. The van der Waals surface area contributed by atoms with Crippen molar-refractivity contribution in [2.75, 3.05) is 7.11 Å². The third-order valence-corrected chi connectivity index (χ3v) is 4.54. The number of nitrogens with zero attached hydrogens (tertiary/aromatic N) is 1. The summed E-state index contributed by atoms with van der Waals surface area (Å²) in [6.45, 7) is 0. The third-order valence-electron chi connectivity index (χ3n) is 3.47. The zero-order chi connectivity index (χ0) is 15.1. The molecule has 0 unspecified atom stereocenters. The molecule has 22 heavy (non-hydrogen) atoms. The fourth-order valence-electron chi connectivity index (χ4n) is 2.36. The van der Waals surface area contributed by atoms with Gasteiger partial charge in [0, 0.05) is 11.5 Å². The molecule has 4 aromatic rings. The molecule has 0 aliphatic carbocycles.